The lowest BCUT2D eigenvalue weighted by molar-refractivity contribution is 0.553. The first-order valence-electron chi connectivity index (χ1n) is 3.75. The SMILES string of the molecule is C[Si](C)(C)C#Cc1occc1Br. The van der Waals surface area contributed by atoms with Gasteiger partial charge in [0.05, 0.1) is 10.7 Å². The van der Waals surface area contributed by atoms with E-state index in [9.17, 15) is 0 Å². The lowest BCUT2D eigenvalue weighted by Crippen LogP contribution is -2.16. The second-order valence-electron chi connectivity index (χ2n) is 3.60. The van der Waals surface area contributed by atoms with Gasteiger partial charge < -0.3 is 4.42 Å². The average molecular weight is 243 g/mol. The van der Waals surface area contributed by atoms with Gasteiger partial charge in [-0.2, -0.15) is 0 Å². The maximum atomic E-state index is 5.16. The highest BCUT2D eigenvalue weighted by molar-refractivity contribution is 9.10. The number of halogens is 1. The van der Waals surface area contributed by atoms with E-state index >= 15 is 0 Å². The zero-order valence-corrected chi connectivity index (χ0v) is 10.0. The zero-order chi connectivity index (χ0) is 9.19. The van der Waals surface area contributed by atoms with E-state index < -0.39 is 8.07 Å². The molecule has 0 bridgehead atoms. The van der Waals surface area contributed by atoms with Crippen LogP contribution in [0.5, 0.6) is 0 Å². The Hall–Kier alpha value is -0.463. The Labute approximate surface area is 82.3 Å². The largest absolute Gasteiger partial charge is 0.455 e. The third kappa shape index (κ3) is 2.88. The number of furan rings is 1. The standard InChI is InChI=1S/C9H11BrOSi/c1-12(2,3)7-5-9-8(10)4-6-11-9/h4,6H,1-3H3. The summed E-state index contributed by atoms with van der Waals surface area (Å²) in [6, 6.07) is 1.86. The molecular formula is C9H11BrOSi. The van der Waals surface area contributed by atoms with Crippen molar-refractivity contribution in [3.63, 3.8) is 0 Å². The molecular weight excluding hydrogens is 232 g/mol. The molecule has 0 atom stereocenters. The van der Waals surface area contributed by atoms with Crippen LogP contribution in [0.2, 0.25) is 19.6 Å². The summed E-state index contributed by atoms with van der Waals surface area (Å²) in [5.41, 5.74) is 3.23. The highest BCUT2D eigenvalue weighted by atomic mass is 79.9. The molecule has 1 rings (SSSR count). The number of hydrogen-bond acceptors (Lipinski definition) is 1. The minimum atomic E-state index is -1.28. The third-order valence-electron chi connectivity index (χ3n) is 1.17. The van der Waals surface area contributed by atoms with Gasteiger partial charge in [-0.25, -0.2) is 0 Å². The first kappa shape index (κ1) is 9.62. The van der Waals surface area contributed by atoms with Crippen LogP contribution in [-0.2, 0) is 0 Å². The first-order valence-corrected chi connectivity index (χ1v) is 8.04. The van der Waals surface area contributed by atoms with Crippen LogP contribution in [-0.4, -0.2) is 8.07 Å². The zero-order valence-electron chi connectivity index (χ0n) is 7.44. The molecule has 64 valence electrons. The molecule has 0 aliphatic carbocycles. The fourth-order valence-electron chi connectivity index (χ4n) is 0.627. The Morgan fingerprint density at radius 3 is 2.50 bits per heavy atom. The predicted molar refractivity (Wildman–Crippen MR) is 56.6 cm³/mol. The molecule has 0 radical (unpaired) electrons. The van der Waals surface area contributed by atoms with Gasteiger partial charge in [-0.1, -0.05) is 19.6 Å². The van der Waals surface area contributed by atoms with Crippen LogP contribution in [0.15, 0.2) is 21.2 Å². The summed E-state index contributed by atoms with van der Waals surface area (Å²) in [7, 11) is -1.28. The maximum Gasteiger partial charge on any atom is 0.190 e. The van der Waals surface area contributed by atoms with E-state index in [1.807, 2.05) is 6.07 Å². The Kier molecular flexibility index (Phi) is 2.81. The minimum absolute atomic E-state index is 0.734. The van der Waals surface area contributed by atoms with Gasteiger partial charge in [-0.05, 0) is 27.9 Å². The average Bonchev–Trinajstić information content (AvgIpc) is 2.29. The molecule has 0 aliphatic rings. The Morgan fingerprint density at radius 1 is 1.42 bits per heavy atom. The van der Waals surface area contributed by atoms with Crippen molar-refractivity contribution >= 4 is 24.0 Å². The van der Waals surface area contributed by atoms with Gasteiger partial charge in [-0.3, -0.25) is 0 Å². The second kappa shape index (κ2) is 3.50. The van der Waals surface area contributed by atoms with Crippen LogP contribution < -0.4 is 0 Å². The van der Waals surface area contributed by atoms with E-state index in [2.05, 4.69) is 47.0 Å². The van der Waals surface area contributed by atoms with Crippen molar-refractivity contribution in [2.75, 3.05) is 0 Å². The summed E-state index contributed by atoms with van der Waals surface area (Å²) >= 11 is 3.35. The van der Waals surface area contributed by atoms with Crippen molar-refractivity contribution in [2.45, 2.75) is 19.6 Å². The highest BCUT2D eigenvalue weighted by Crippen LogP contribution is 2.16. The monoisotopic (exact) mass is 242 g/mol. The summed E-state index contributed by atoms with van der Waals surface area (Å²) in [4.78, 5) is 0. The third-order valence-corrected chi connectivity index (χ3v) is 2.67. The molecule has 0 aromatic carbocycles. The maximum absolute atomic E-state index is 5.16. The molecule has 1 aromatic rings. The van der Waals surface area contributed by atoms with E-state index in [4.69, 9.17) is 4.42 Å². The molecule has 1 heterocycles. The van der Waals surface area contributed by atoms with Gasteiger partial charge in [0.1, 0.15) is 8.07 Å². The molecule has 0 amide bonds. The van der Waals surface area contributed by atoms with Gasteiger partial charge >= 0.3 is 0 Å². The van der Waals surface area contributed by atoms with Crippen LogP contribution in [0.4, 0.5) is 0 Å². The molecule has 0 aliphatic heterocycles. The number of rotatable bonds is 0. The molecule has 1 nitrogen and oxygen atoms in total. The Balaban J connectivity index is 2.87. The van der Waals surface area contributed by atoms with Crippen molar-refractivity contribution in [1.29, 1.82) is 0 Å². The van der Waals surface area contributed by atoms with Crippen molar-refractivity contribution < 1.29 is 4.42 Å². The summed E-state index contributed by atoms with van der Waals surface area (Å²) in [5, 5.41) is 0. The van der Waals surface area contributed by atoms with Crippen LogP contribution >= 0.6 is 15.9 Å². The quantitative estimate of drug-likeness (QED) is 0.503. The van der Waals surface area contributed by atoms with Gasteiger partial charge in [0, 0.05) is 0 Å². The topological polar surface area (TPSA) is 13.1 Å². The molecule has 0 spiro atoms. The van der Waals surface area contributed by atoms with Crippen molar-refractivity contribution in [2.24, 2.45) is 0 Å². The Bertz CT molecular complexity index is 324. The predicted octanol–water partition coefficient (Wildman–Crippen LogP) is 3.27. The van der Waals surface area contributed by atoms with Crippen molar-refractivity contribution in [3.05, 3.63) is 22.6 Å². The van der Waals surface area contributed by atoms with Crippen LogP contribution in [0.3, 0.4) is 0 Å². The summed E-state index contributed by atoms with van der Waals surface area (Å²) < 4.78 is 6.10. The smallest absolute Gasteiger partial charge is 0.190 e. The molecule has 1 aromatic heterocycles. The van der Waals surface area contributed by atoms with E-state index in [1.54, 1.807) is 6.26 Å². The van der Waals surface area contributed by atoms with E-state index in [0.29, 0.717) is 0 Å². The highest BCUT2D eigenvalue weighted by Gasteiger charge is 2.08. The van der Waals surface area contributed by atoms with E-state index in [0.717, 1.165) is 10.2 Å². The molecule has 0 N–H and O–H groups in total. The van der Waals surface area contributed by atoms with Gasteiger partial charge in [-0.15, -0.1) is 5.54 Å². The summed E-state index contributed by atoms with van der Waals surface area (Å²) in [6.45, 7) is 6.62. The normalized spacial score (nSPS) is 10.7. The van der Waals surface area contributed by atoms with Gasteiger partial charge in [0.2, 0.25) is 0 Å². The van der Waals surface area contributed by atoms with E-state index in [1.165, 1.54) is 0 Å². The van der Waals surface area contributed by atoms with Crippen LogP contribution in [0.1, 0.15) is 5.76 Å². The van der Waals surface area contributed by atoms with Gasteiger partial charge in [0.25, 0.3) is 0 Å². The Morgan fingerprint density at radius 2 is 2.08 bits per heavy atom. The van der Waals surface area contributed by atoms with Crippen molar-refractivity contribution in [3.8, 4) is 11.5 Å². The van der Waals surface area contributed by atoms with Gasteiger partial charge in [0.15, 0.2) is 5.76 Å². The molecule has 0 fully saturated rings. The first-order chi connectivity index (χ1) is 5.49. The summed E-state index contributed by atoms with van der Waals surface area (Å²) in [6.07, 6.45) is 1.64. The van der Waals surface area contributed by atoms with Crippen LogP contribution in [0.25, 0.3) is 0 Å². The molecule has 0 saturated carbocycles. The lowest BCUT2D eigenvalue weighted by Gasteiger charge is -2.02. The minimum Gasteiger partial charge on any atom is -0.455 e. The molecule has 0 unspecified atom stereocenters. The summed E-state index contributed by atoms with van der Waals surface area (Å²) in [5.74, 6) is 3.76. The molecule has 0 saturated heterocycles. The second-order valence-corrected chi connectivity index (χ2v) is 9.20. The van der Waals surface area contributed by atoms with Crippen LogP contribution in [0, 0.1) is 11.5 Å². The lowest BCUT2D eigenvalue weighted by atomic mass is 10.5. The molecule has 12 heavy (non-hydrogen) atoms. The van der Waals surface area contributed by atoms with Crippen molar-refractivity contribution in [1.82, 2.24) is 0 Å². The fourth-order valence-corrected chi connectivity index (χ4v) is 1.42. The fraction of sp³-hybridized carbons (Fsp3) is 0.333. The molecule has 3 heteroatoms. The van der Waals surface area contributed by atoms with E-state index in [-0.39, 0.29) is 0 Å². The number of hydrogen-bond donors (Lipinski definition) is 0.